The maximum Gasteiger partial charge on any atom is 0.231 e. The highest BCUT2D eigenvalue weighted by atomic mass is 16.7. The number of carbonyl (C=O) groups is 1. The fourth-order valence-electron chi connectivity index (χ4n) is 5.53. The third kappa shape index (κ3) is 3.98. The van der Waals surface area contributed by atoms with Crippen LogP contribution >= 0.6 is 0 Å². The number of nitrogens with zero attached hydrogens (tertiary/aromatic N) is 2. The molecule has 0 fully saturated rings. The number of para-hydroxylation sites is 1. The topological polar surface area (TPSA) is 62.6 Å². The van der Waals surface area contributed by atoms with E-state index < -0.39 is 0 Å². The van der Waals surface area contributed by atoms with Crippen LogP contribution in [-0.4, -0.2) is 22.4 Å². The van der Waals surface area contributed by atoms with E-state index >= 15 is 0 Å². The number of hydrogen-bond acceptors (Lipinski definition) is 5. The van der Waals surface area contributed by atoms with Crippen LogP contribution in [0.4, 0.5) is 0 Å². The van der Waals surface area contributed by atoms with Crippen LogP contribution in [0.3, 0.4) is 0 Å². The van der Waals surface area contributed by atoms with E-state index in [-0.39, 0.29) is 18.7 Å². The average Bonchev–Trinajstić information content (AvgIpc) is 3.60. The standard InChI is InChI=1S/C32H26N2O4/c35-27-12-6-10-25-24(27)14-16-29(32(25)22-13-15-28-30(17-22)37-20-36-28)38-31(21-7-2-1-3-8-21)19-34-26-11-5-4-9-23(26)18-33-34/h1-5,7-9,11,13-18,31H,6,10,12,19-20H2/t31-/m1/s1. The molecular weight excluding hydrogens is 476 g/mol. The molecular formula is C32H26N2O4. The van der Waals surface area contributed by atoms with Crippen LogP contribution in [-0.2, 0) is 13.0 Å². The highest BCUT2D eigenvalue weighted by Crippen LogP contribution is 2.44. The summed E-state index contributed by atoms with van der Waals surface area (Å²) in [6.45, 7) is 0.746. The molecule has 1 atom stereocenters. The molecule has 0 unspecified atom stereocenters. The lowest BCUT2D eigenvalue weighted by molar-refractivity contribution is 0.0972. The van der Waals surface area contributed by atoms with Crippen LogP contribution in [0.15, 0.2) is 91.1 Å². The summed E-state index contributed by atoms with van der Waals surface area (Å²) in [5, 5.41) is 5.75. The molecule has 0 bridgehead atoms. The van der Waals surface area contributed by atoms with Crippen molar-refractivity contribution in [2.24, 2.45) is 0 Å². The zero-order chi connectivity index (χ0) is 25.5. The third-order valence-electron chi connectivity index (χ3n) is 7.40. The van der Waals surface area contributed by atoms with Crippen LogP contribution in [0.2, 0.25) is 0 Å². The summed E-state index contributed by atoms with van der Waals surface area (Å²) in [6, 6.07) is 28.2. The second kappa shape index (κ2) is 9.38. The van der Waals surface area contributed by atoms with Crippen molar-refractivity contribution in [3.8, 4) is 28.4 Å². The molecule has 1 aromatic heterocycles. The molecule has 6 heteroatoms. The summed E-state index contributed by atoms with van der Waals surface area (Å²) in [5.41, 5.74) is 5.83. The van der Waals surface area contributed by atoms with Crippen LogP contribution < -0.4 is 14.2 Å². The SMILES string of the molecule is O=C1CCCc2c1ccc(O[C@H](Cn1ncc3ccccc31)c1ccccc1)c2-c1ccc2c(c1)OCO2. The van der Waals surface area contributed by atoms with E-state index in [4.69, 9.17) is 14.2 Å². The monoisotopic (exact) mass is 502 g/mol. The summed E-state index contributed by atoms with van der Waals surface area (Å²) in [6.07, 6.45) is 3.81. The van der Waals surface area contributed by atoms with Gasteiger partial charge < -0.3 is 14.2 Å². The summed E-state index contributed by atoms with van der Waals surface area (Å²) in [4.78, 5) is 12.9. The molecule has 0 saturated heterocycles. The minimum Gasteiger partial charge on any atom is -0.483 e. The fourth-order valence-corrected chi connectivity index (χ4v) is 5.53. The van der Waals surface area contributed by atoms with Crippen molar-refractivity contribution >= 4 is 16.7 Å². The Morgan fingerprint density at radius 1 is 0.895 bits per heavy atom. The van der Waals surface area contributed by atoms with Gasteiger partial charge in [-0.1, -0.05) is 54.6 Å². The molecule has 4 aromatic carbocycles. The first-order valence-corrected chi connectivity index (χ1v) is 13.0. The molecule has 7 rings (SSSR count). The fraction of sp³-hybridized carbons (Fsp3) is 0.188. The van der Waals surface area contributed by atoms with Crippen LogP contribution in [0, 0.1) is 0 Å². The van der Waals surface area contributed by atoms with Gasteiger partial charge in [0.2, 0.25) is 6.79 Å². The van der Waals surface area contributed by atoms with Gasteiger partial charge in [-0.2, -0.15) is 5.10 Å². The maximum atomic E-state index is 12.9. The van der Waals surface area contributed by atoms with Crippen molar-refractivity contribution in [3.63, 3.8) is 0 Å². The minimum atomic E-state index is -0.301. The molecule has 2 heterocycles. The Morgan fingerprint density at radius 3 is 2.66 bits per heavy atom. The predicted molar refractivity (Wildman–Crippen MR) is 145 cm³/mol. The number of ketones is 1. The van der Waals surface area contributed by atoms with Crippen molar-refractivity contribution in [1.29, 1.82) is 0 Å². The van der Waals surface area contributed by atoms with Crippen molar-refractivity contribution in [3.05, 3.63) is 108 Å². The number of Topliss-reactive ketones (excluding diaryl/α,β-unsaturated/α-hetero) is 1. The highest BCUT2D eigenvalue weighted by Gasteiger charge is 2.27. The molecule has 0 amide bonds. The van der Waals surface area contributed by atoms with Gasteiger partial charge in [-0.25, -0.2) is 0 Å². The molecule has 5 aromatic rings. The Hall–Kier alpha value is -4.58. The van der Waals surface area contributed by atoms with Crippen LogP contribution in [0.5, 0.6) is 17.2 Å². The van der Waals surface area contributed by atoms with Gasteiger partial charge in [-0.3, -0.25) is 9.48 Å². The summed E-state index contributed by atoms with van der Waals surface area (Å²) in [7, 11) is 0. The van der Waals surface area contributed by atoms with Gasteiger partial charge in [0.15, 0.2) is 17.3 Å². The Balaban J connectivity index is 1.35. The number of carbonyl (C=O) groups excluding carboxylic acids is 1. The molecule has 1 aliphatic carbocycles. The number of aromatic nitrogens is 2. The third-order valence-corrected chi connectivity index (χ3v) is 7.40. The molecule has 2 aliphatic rings. The van der Waals surface area contributed by atoms with Crippen LogP contribution in [0.1, 0.15) is 40.4 Å². The first kappa shape index (κ1) is 22.6. The Bertz CT molecular complexity index is 1660. The lowest BCUT2D eigenvalue weighted by atomic mass is 9.84. The first-order valence-electron chi connectivity index (χ1n) is 13.0. The predicted octanol–water partition coefficient (Wildman–Crippen LogP) is 6.77. The number of benzene rings is 4. The Labute approximate surface area is 220 Å². The van der Waals surface area contributed by atoms with Crippen molar-refractivity contribution in [1.82, 2.24) is 9.78 Å². The molecule has 188 valence electrons. The van der Waals surface area contributed by atoms with Gasteiger partial charge in [-0.15, -0.1) is 0 Å². The smallest absolute Gasteiger partial charge is 0.231 e. The largest absolute Gasteiger partial charge is 0.483 e. The lowest BCUT2D eigenvalue weighted by Gasteiger charge is -2.26. The molecule has 1 aliphatic heterocycles. The zero-order valence-electron chi connectivity index (χ0n) is 20.8. The first-order chi connectivity index (χ1) is 18.7. The van der Waals surface area contributed by atoms with Crippen molar-refractivity contribution in [2.75, 3.05) is 6.79 Å². The van der Waals surface area contributed by atoms with Gasteiger partial charge in [0, 0.05) is 22.9 Å². The van der Waals surface area contributed by atoms with Crippen LogP contribution in [0.25, 0.3) is 22.0 Å². The van der Waals surface area contributed by atoms with Gasteiger partial charge in [-0.05, 0) is 59.9 Å². The zero-order valence-corrected chi connectivity index (χ0v) is 20.8. The van der Waals surface area contributed by atoms with Gasteiger partial charge in [0.25, 0.3) is 0 Å². The molecule has 0 radical (unpaired) electrons. The van der Waals surface area contributed by atoms with E-state index in [1.165, 1.54) is 0 Å². The number of fused-ring (bicyclic) bond motifs is 3. The Kier molecular flexibility index (Phi) is 5.58. The molecule has 0 N–H and O–H groups in total. The van der Waals surface area contributed by atoms with E-state index in [9.17, 15) is 4.79 Å². The van der Waals surface area contributed by atoms with E-state index in [2.05, 4.69) is 29.4 Å². The van der Waals surface area contributed by atoms with Crippen molar-refractivity contribution in [2.45, 2.75) is 31.9 Å². The summed E-state index contributed by atoms with van der Waals surface area (Å²) >= 11 is 0. The van der Waals surface area contributed by atoms with E-state index in [0.717, 1.165) is 63.1 Å². The highest BCUT2D eigenvalue weighted by molar-refractivity contribution is 6.01. The summed E-state index contributed by atoms with van der Waals surface area (Å²) in [5.74, 6) is 2.35. The Morgan fingerprint density at radius 2 is 1.74 bits per heavy atom. The quantitative estimate of drug-likeness (QED) is 0.256. The molecule has 38 heavy (non-hydrogen) atoms. The maximum absolute atomic E-state index is 12.9. The summed E-state index contributed by atoms with van der Waals surface area (Å²) < 4.78 is 20.1. The number of ether oxygens (including phenoxy) is 3. The second-order valence-corrected chi connectivity index (χ2v) is 9.71. The van der Waals surface area contributed by atoms with Gasteiger partial charge >= 0.3 is 0 Å². The van der Waals surface area contributed by atoms with E-state index in [1.54, 1.807) is 0 Å². The number of rotatable bonds is 6. The normalized spacial score (nSPS) is 14.9. The molecule has 0 saturated carbocycles. The lowest BCUT2D eigenvalue weighted by Crippen LogP contribution is -2.18. The van der Waals surface area contributed by atoms with E-state index in [1.807, 2.05) is 71.5 Å². The van der Waals surface area contributed by atoms with E-state index in [0.29, 0.717) is 18.7 Å². The number of hydrogen-bond donors (Lipinski definition) is 0. The van der Waals surface area contributed by atoms with Gasteiger partial charge in [0.1, 0.15) is 11.9 Å². The van der Waals surface area contributed by atoms with Crippen molar-refractivity contribution < 1.29 is 19.0 Å². The average molecular weight is 503 g/mol. The van der Waals surface area contributed by atoms with Gasteiger partial charge in [0.05, 0.1) is 18.3 Å². The molecule has 6 nitrogen and oxygen atoms in total. The minimum absolute atomic E-state index is 0.183. The second-order valence-electron chi connectivity index (χ2n) is 9.71. The molecule has 0 spiro atoms.